The lowest BCUT2D eigenvalue weighted by Gasteiger charge is -2.17. The summed E-state index contributed by atoms with van der Waals surface area (Å²) >= 11 is 0. The standard InChI is InChI=1S/C17H18N2O2/c20-17(13-6-7-13)19-10-8-14(11-19)21-15-5-1-3-12-4-2-9-18-16(12)15/h1-5,9,13-14H,6-8,10-11H2/t14-/m0/s1. The Labute approximate surface area is 123 Å². The summed E-state index contributed by atoms with van der Waals surface area (Å²) in [5, 5.41) is 1.08. The van der Waals surface area contributed by atoms with Crippen LogP contribution in [0.1, 0.15) is 19.3 Å². The van der Waals surface area contributed by atoms with Crippen molar-refractivity contribution in [3.8, 4) is 5.75 Å². The van der Waals surface area contributed by atoms with Gasteiger partial charge in [-0.1, -0.05) is 18.2 Å². The number of rotatable bonds is 3. The molecule has 4 heteroatoms. The second kappa shape index (κ2) is 5.02. The number of carbonyl (C=O) groups excluding carboxylic acids is 1. The van der Waals surface area contributed by atoms with E-state index in [0.29, 0.717) is 18.4 Å². The van der Waals surface area contributed by atoms with Crippen molar-refractivity contribution in [1.82, 2.24) is 9.88 Å². The highest BCUT2D eigenvalue weighted by Crippen LogP contribution is 2.33. The van der Waals surface area contributed by atoms with Crippen LogP contribution in [0.25, 0.3) is 10.9 Å². The van der Waals surface area contributed by atoms with Crippen molar-refractivity contribution in [3.05, 3.63) is 36.5 Å². The molecule has 1 aliphatic carbocycles. The number of hydrogen-bond acceptors (Lipinski definition) is 3. The lowest BCUT2D eigenvalue weighted by Crippen LogP contribution is -2.31. The van der Waals surface area contributed by atoms with Crippen LogP contribution in [0.2, 0.25) is 0 Å². The third kappa shape index (κ3) is 2.46. The molecule has 2 aliphatic rings. The molecule has 4 rings (SSSR count). The highest BCUT2D eigenvalue weighted by Gasteiger charge is 2.37. The number of amides is 1. The quantitative estimate of drug-likeness (QED) is 0.869. The van der Waals surface area contributed by atoms with Gasteiger partial charge in [-0.05, 0) is 25.0 Å². The number of benzene rings is 1. The van der Waals surface area contributed by atoms with Gasteiger partial charge in [0.05, 0.1) is 6.54 Å². The predicted octanol–water partition coefficient (Wildman–Crippen LogP) is 2.62. The minimum atomic E-state index is 0.0836. The number of likely N-dealkylation sites (tertiary alicyclic amines) is 1. The molecule has 0 bridgehead atoms. The summed E-state index contributed by atoms with van der Waals surface area (Å²) in [5.41, 5.74) is 0.895. The molecule has 1 saturated carbocycles. The number of aromatic nitrogens is 1. The van der Waals surface area contributed by atoms with Gasteiger partial charge in [0.15, 0.2) is 0 Å². The number of ether oxygens (including phenoxy) is 1. The molecule has 1 aliphatic heterocycles. The van der Waals surface area contributed by atoms with Gasteiger partial charge in [0.2, 0.25) is 5.91 Å². The molecule has 0 N–H and O–H groups in total. The van der Waals surface area contributed by atoms with E-state index < -0.39 is 0 Å². The Bertz CT molecular complexity index is 676. The minimum absolute atomic E-state index is 0.0836. The van der Waals surface area contributed by atoms with E-state index in [1.807, 2.05) is 35.2 Å². The average Bonchev–Trinajstić information content (AvgIpc) is 3.27. The highest BCUT2D eigenvalue weighted by atomic mass is 16.5. The average molecular weight is 282 g/mol. The first kappa shape index (κ1) is 12.6. The molecule has 0 spiro atoms. The number of pyridine rings is 1. The Balaban J connectivity index is 1.49. The number of fused-ring (bicyclic) bond motifs is 1. The maximum absolute atomic E-state index is 12.1. The van der Waals surface area contributed by atoms with E-state index in [2.05, 4.69) is 4.98 Å². The first-order chi connectivity index (χ1) is 10.3. The van der Waals surface area contributed by atoms with E-state index in [4.69, 9.17) is 4.74 Å². The van der Waals surface area contributed by atoms with Crippen molar-refractivity contribution in [2.75, 3.05) is 13.1 Å². The summed E-state index contributed by atoms with van der Waals surface area (Å²) in [5.74, 6) is 1.43. The maximum atomic E-state index is 12.1. The lowest BCUT2D eigenvalue weighted by atomic mass is 10.2. The van der Waals surface area contributed by atoms with Gasteiger partial charge >= 0.3 is 0 Å². The van der Waals surface area contributed by atoms with Crippen LogP contribution in [0.15, 0.2) is 36.5 Å². The molecule has 2 heterocycles. The summed E-state index contributed by atoms with van der Waals surface area (Å²) in [6.07, 6.45) is 4.90. The van der Waals surface area contributed by atoms with E-state index >= 15 is 0 Å². The van der Waals surface area contributed by atoms with Gasteiger partial charge in [-0.15, -0.1) is 0 Å². The molecule has 1 aromatic heterocycles. The van der Waals surface area contributed by atoms with Crippen molar-refractivity contribution in [2.45, 2.75) is 25.4 Å². The predicted molar refractivity (Wildman–Crippen MR) is 80.1 cm³/mol. The Morgan fingerprint density at radius 2 is 2.05 bits per heavy atom. The molecule has 1 aromatic carbocycles. The number of nitrogens with zero attached hydrogens (tertiary/aromatic N) is 2. The van der Waals surface area contributed by atoms with Crippen LogP contribution in [-0.4, -0.2) is 35.0 Å². The molecule has 2 fully saturated rings. The van der Waals surface area contributed by atoms with Gasteiger partial charge in [-0.2, -0.15) is 0 Å². The zero-order chi connectivity index (χ0) is 14.2. The fourth-order valence-corrected chi connectivity index (χ4v) is 2.96. The fourth-order valence-electron chi connectivity index (χ4n) is 2.96. The van der Waals surface area contributed by atoms with Gasteiger partial charge < -0.3 is 9.64 Å². The highest BCUT2D eigenvalue weighted by molar-refractivity contribution is 5.84. The Morgan fingerprint density at radius 1 is 1.19 bits per heavy atom. The molecule has 108 valence electrons. The molecule has 2 aromatic rings. The maximum Gasteiger partial charge on any atom is 0.225 e. The van der Waals surface area contributed by atoms with Crippen molar-refractivity contribution >= 4 is 16.8 Å². The van der Waals surface area contributed by atoms with E-state index in [1.165, 1.54) is 0 Å². The molecule has 21 heavy (non-hydrogen) atoms. The van der Waals surface area contributed by atoms with Crippen LogP contribution < -0.4 is 4.74 Å². The SMILES string of the molecule is O=C(C1CC1)N1CC[C@H](Oc2cccc3cccnc23)C1. The monoisotopic (exact) mass is 282 g/mol. The molecular weight excluding hydrogens is 264 g/mol. The summed E-state index contributed by atoms with van der Waals surface area (Å²) in [4.78, 5) is 18.4. The summed E-state index contributed by atoms with van der Waals surface area (Å²) in [6, 6.07) is 9.94. The topological polar surface area (TPSA) is 42.4 Å². The third-order valence-electron chi connectivity index (χ3n) is 4.27. The second-order valence-electron chi connectivity index (χ2n) is 5.92. The molecule has 1 saturated heterocycles. The van der Waals surface area contributed by atoms with Gasteiger partial charge in [0, 0.05) is 30.5 Å². The van der Waals surface area contributed by atoms with E-state index in [9.17, 15) is 4.79 Å². The van der Waals surface area contributed by atoms with Crippen LogP contribution in [-0.2, 0) is 4.79 Å². The first-order valence-corrected chi connectivity index (χ1v) is 7.60. The molecule has 4 nitrogen and oxygen atoms in total. The molecule has 1 amide bonds. The summed E-state index contributed by atoms with van der Waals surface area (Å²) in [6.45, 7) is 1.52. The molecule has 0 unspecified atom stereocenters. The Morgan fingerprint density at radius 3 is 2.90 bits per heavy atom. The van der Waals surface area contributed by atoms with Crippen LogP contribution >= 0.6 is 0 Å². The summed E-state index contributed by atoms with van der Waals surface area (Å²) in [7, 11) is 0. The minimum Gasteiger partial charge on any atom is -0.486 e. The Kier molecular flexibility index (Phi) is 3.02. The van der Waals surface area contributed by atoms with Crippen molar-refractivity contribution < 1.29 is 9.53 Å². The second-order valence-corrected chi connectivity index (χ2v) is 5.92. The number of para-hydroxylation sites is 1. The normalized spacial score (nSPS) is 21.7. The van der Waals surface area contributed by atoms with E-state index in [-0.39, 0.29) is 6.10 Å². The molecule has 1 atom stereocenters. The van der Waals surface area contributed by atoms with Crippen molar-refractivity contribution in [2.24, 2.45) is 5.92 Å². The first-order valence-electron chi connectivity index (χ1n) is 7.60. The van der Waals surface area contributed by atoms with Crippen LogP contribution in [0.5, 0.6) is 5.75 Å². The summed E-state index contributed by atoms with van der Waals surface area (Å²) < 4.78 is 6.11. The van der Waals surface area contributed by atoms with Crippen molar-refractivity contribution in [3.63, 3.8) is 0 Å². The van der Waals surface area contributed by atoms with Crippen LogP contribution in [0.4, 0.5) is 0 Å². The van der Waals surface area contributed by atoms with Crippen molar-refractivity contribution in [1.29, 1.82) is 0 Å². The number of hydrogen-bond donors (Lipinski definition) is 0. The molecule has 0 radical (unpaired) electrons. The van der Waals surface area contributed by atoms with E-state index in [1.54, 1.807) is 6.20 Å². The van der Waals surface area contributed by atoms with Gasteiger partial charge in [0.25, 0.3) is 0 Å². The van der Waals surface area contributed by atoms with Crippen LogP contribution in [0.3, 0.4) is 0 Å². The van der Waals surface area contributed by atoms with Gasteiger partial charge in [-0.3, -0.25) is 9.78 Å². The largest absolute Gasteiger partial charge is 0.486 e. The zero-order valence-corrected chi connectivity index (χ0v) is 11.9. The fraction of sp³-hybridized carbons (Fsp3) is 0.412. The van der Waals surface area contributed by atoms with Gasteiger partial charge in [0.1, 0.15) is 17.4 Å². The smallest absolute Gasteiger partial charge is 0.225 e. The van der Waals surface area contributed by atoms with Crippen LogP contribution in [0, 0.1) is 5.92 Å². The van der Waals surface area contributed by atoms with E-state index in [0.717, 1.165) is 42.5 Å². The third-order valence-corrected chi connectivity index (χ3v) is 4.27. The number of carbonyl (C=O) groups is 1. The lowest BCUT2D eigenvalue weighted by molar-refractivity contribution is -0.131. The Hall–Kier alpha value is -2.10. The molecular formula is C17H18N2O2. The van der Waals surface area contributed by atoms with Gasteiger partial charge in [-0.25, -0.2) is 0 Å². The zero-order valence-electron chi connectivity index (χ0n) is 11.9.